The molecule has 1 heterocycles. The van der Waals surface area contributed by atoms with Gasteiger partial charge in [0.1, 0.15) is 5.60 Å². The van der Waals surface area contributed by atoms with Crippen LogP contribution in [0, 0.1) is 0 Å². The maximum absolute atomic E-state index is 12.4. The van der Waals surface area contributed by atoms with Crippen LogP contribution in [-0.4, -0.2) is 45.5 Å². The van der Waals surface area contributed by atoms with Gasteiger partial charge in [0.05, 0.1) is 12.1 Å². The first-order valence-corrected chi connectivity index (χ1v) is 8.27. The molecule has 1 saturated heterocycles. The second kappa shape index (κ2) is 7.32. The minimum atomic E-state index is -0.504. The monoisotopic (exact) mass is 320 g/mol. The lowest BCUT2D eigenvalue weighted by Gasteiger charge is -2.34. The molecule has 5 nitrogen and oxygen atoms in total. The number of hydroxylamine groups is 2. The van der Waals surface area contributed by atoms with Gasteiger partial charge in [0.25, 0.3) is 0 Å². The summed E-state index contributed by atoms with van der Waals surface area (Å²) in [5, 5.41) is 11.7. The van der Waals surface area contributed by atoms with E-state index in [0.29, 0.717) is 13.1 Å². The smallest absolute Gasteiger partial charge is 0.410 e. The molecule has 0 spiro atoms. The highest BCUT2D eigenvalue weighted by Gasteiger charge is 2.37. The molecule has 2 rings (SSSR count). The highest BCUT2D eigenvalue weighted by Crippen LogP contribution is 2.25. The van der Waals surface area contributed by atoms with E-state index in [-0.39, 0.29) is 18.2 Å². The number of carbonyl (C=O) groups excluding carboxylic acids is 1. The van der Waals surface area contributed by atoms with Gasteiger partial charge in [-0.1, -0.05) is 30.3 Å². The zero-order chi connectivity index (χ0) is 17.0. The lowest BCUT2D eigenvalue weighted by molar-refractivity contribution is -0.145. The van der Waals surface area contributed by atoms with E-state index in [2.05, 4.69) is 0 Å². The quantitative estimate of drug-likeness (QED) is 0.860. The van der Waals surface area contributed by atoms with E-state index in [1.807, 2.05) is 58.0 Å². The molecule has 1 unspecified atom stereocenters. The van der Waals surface area contributed by atoms with Gasteiger partial charge in [0.15, 0.2) is 0 Å². The first kappa shape index (κ1) is 17.8. The Balaban J connectivity index is 1.99. The molecular weight excluding hydrogens is 292 g/mol. The minimum Gasteiger partial charge on any atom is -0.444 e. The molecule has 2 atom stereocenters. The van der Waals surface area contributed by atoms with Crippen LogP contribution in [0.25, 0.3) is 0 Å². The summed E-state index contributed by atoms with van der Waals surface area (Å²) in [5.41, 5.74) is 0.541. The Morgan fingerprint density at radius 1 is 1.39 bits per heavy atom. The fourth-order valence-electron chi connectivity index (χ4n) is 2.95. The molecule has 0 radical (unpaired) electrons. The fourth-order valence-corrected chi connectivity index (χ4v) is 2.95. The Labute approximate surface area is 138 Å². The number of carbonyl (C=O) groups is 1. The van der Waals surface area contributed by atoms with Crippen LogP contribution in [0.5, 0.6) is 0 Å². The third-order valence-corrected chi connectivity index (χ3v) is 4.14. The molecule has 5 heteroatoms. The van der Waals surface area contributed by atoms with Gasteiger partial charge in [-0.15, -0.1) is 0 Å². The van der Waals surface area contributed by atoms with Crippen molar-refractivity contribution in [1.82, 2.24) is 9.96 Å². The van der Waals surface area contributed by atoms with Crippen LogP contribution < -0.4 is 0 Å². The van der Waals surface area contributed by atoms with Gasteiger partial charge in [-0.2, -0.15) is 5.06 Å². The normalized spacial score (nSPS) is 19.9. The lowest BCUT2D eigenvalue weighted by Crippen LogP contribution is -2.49. The van der Waals surface area contributed by atoms with Crippen LogP contribution in [0.3, 0.4) is 0 Å². The molecule has 1 N–H and O–H groups in total. The Bertz CT molecular complexity index is 513. The predicted molar refractivity (Wildman–Crippen MR) is 89.2 cm³/mol. The van der Waals surface area contributed by atoms with Crippen molar-refractivity contribution < 1.29 is 14.7 Å². The molecule has 128 valence electrons. The fraction of sp³-hybridized carbons (Fsp3) is 0.611. The highest BCUT2D eigenvalue weighted by atomic mass is 16.6. The summed E-state index contributed by atoms with van der Waals surface area (Å²) < 4.78 is 5.49. The number of hydrogen-bond acceptors (Lipinski definition) is 4. The average molecular weight is 320 g/mol. The Hall–Kier alpha value is -1.59. The SMILES string of the molecule is C[C@H](C1CCCN1C(=O)OC(C)(C)C)N(O)Cc1ccccc1. The number of rotatable bonds is 4. The van der Waals surface area contributed by atoms with E-state index < -0.39 is 5.60 Å². The van der Waals surface area contributed by atoms with Crippen LogP contribution in [0.15, 0.2) is 30.3 Å². The van der Waals surface area contributed by atoms with Gasteiger partial charge in [-0.3, -0.25) is 0 Å². The number of ether oxygens (including phenoxy) is 1. The van der Waals surface area contributed by atoms with Crippen LogP contribution >= 0.6 is 0 Å². The van der Waals surface area contributed by atoms with Crippen molar-refractivity contribution >= 4 is 6.09 Å². The van der Waals surface area contributed by atoms with Crippen molar-refractivity contribution in [1.29, 1.82) is 0 Å². The van der Waals surface area contributed by atoms with Gasteiger partial charge >= 0.3 is 6.09 Å². The van der Waals surface area contributed by atoms with E-state index in [1.165, 1.54) is 5.06 Å². The van der Waals surface area contributed by atoms with E-state index >= 15 is 0 Å². The first-order valence-electron chi connectivity index (χ1n) is 8.27. The second-order valence-electron chi connectivity index (χ2n) is 7.21. The molecule has 0 aliphatic carbocycles. The zero-order valence-corrected chi connectivity index (χ0v) is 14.5. The summed E-state index contributed by atoms with van der Waals surface area (Å²) in [5.74, 6) is 0. The molecule has 1 fully saturated rings. The third kappa shape index (κ3) is 4.94. The third-order valence-electron chi connectivity index (χ3n) is 4.14. The largest absolute Gasteiger partial charge is 0.444 e. The number of nitrogens with zero attached hydrogens (tertiary/aromatic N) is 2. The molecular formula is C18H28N2O3. The topological polar surface area (TPSA) is 53.0 Å². The Morgan fingerprint density at radius 2 is 2.04 bits per heavy atom. The first-order chi connectivity index (χ1) is 10.8. The van der Waals surface area contributed by atoms with Gasteiger partial charge < -0.3 is 14.8 Å². The molecule has 1 amide bonds. The van der Waals surface area contributed by atoms with E-state index in [1.54, 1.807) is 4.90 Å². The van der Waals surface area contributed by atoms with E-state index in [4.69, 9.17) is 4.74 Å². The summed E-state index contributed by atoms with van der Waals surface area (Å²) in [7, 11) is 0. The van der Waals surface area contributed by atoms with Crippen molar-refractivity contribution in [2.24, 2.45) is 0 Å². The molecule has 0 saturated carbocycles. The van der Waals surface area contributed by atoms with Gasteiger partial charge in [0.2, 0.25) is 0 Å². The van der Waals surface area contributed by atoms with Crippen molar-refractivity contribution in [3.05, 3.63) is 35.9 Å². The zero-order valence-electron chi connectivity index (χ0n) is 14.5. The summed E-state index contributed by atoms with van der Waals surface area (Å²) in [6.07, 6.45) is 1.53. The van der Waals surface area contributed by atoms with Crippen LogP contribution in [0.1, 0.15) is 46.1 Å². The van der Waals surface area contributed by atoms with Crippen LogP contribution in [0.4, 0.5) is 4.79 Å². The van der Waals surface area contributed by atoms with Gasteiger partial charge in [0, 0.05) is 13.1 Å². The number of amides is 1. The number of benzene rings is 1. The molecule has 1 aliphatic heterocycles. The molecule has 1 aromatic rings. The van der Waals surface area contributed by atoms with Gasteiger partial charge in [-0.25, -0.2) is 4.79 Å². The summed E-state index contributed by atoms with van der Waals surface area (Å²) in [6.45, 7) is 8.69. The minimum absolute atomic E-state index is 0.0291. The highest BCUT2D eigenvalue weighted by molar-refractivity contribution is 5.69. The van der Waals surface area contributed by atoms with E-state index in [0.717, 1.165) is 18.4 Å². The molecule has 0 bridgehead atoms. The summed E-state index contributed by atoms with van der Waals surface area (Å²) in [4.78, 5) is 14.1. The molecule has 0 aromatic heterocycles. The average Bonchev–Trinajstić information content (AvgIpc) is 2.95. The van der Waals surface area contributed by atoms with Crippen LogP contribution in [0.2, 0.25) is 0 Å². The molecule has 1 aliphatic rings. The predicted octanol–water partition coefficient (Wildman–Crippen LogP) is 3.67. The Kier molecular flexibility index (Phi) is 5.65. The summed E-state index contributed by atoms with van der Waals surface area (Å²) in [6, 6.07) is 9.65. The second-order valence-corrected chi connectivity index (χ2v) is 7.21. The molecule has 1 aromatic carbocycles. The Morgan fingerprint density at radius 3 is 2.65 bits per heavy atom. The number of likely N-dealkylation sites (tertiary alicyclic amines) is 1. The maximum Gasteiger partial charge on any atom is 0.410 e. The van der Waals surface area contributed by atoms with Crippen molar-refractivity contribution in [2.45, 2.75) is 64.8 Å². The van der Waals surface area contributed by atoms with Crippen molar-refractivity contribution in [2.75, 3.05) is 6.54 Å². The summed E-state index contributed by atoms with van der Waals surface area (Å²) >= 11 is 0. The standard InChI is InChI=1S/C18H28N2O3/c1-14(20(22)13-15-9-6-5-7-10-15)16-11-8-12-19(16)17(21)23-18(2,3)4/h5-7,9-10,14,16,22H,8,11-13H2,1-4H3/t14-,16?/m1/s1. The van der Waals surface area contributed by atoms with E-state index in [9.17, 15) is 10.0 Å². The van der Waals surface area contributed by atoms with Crippen molar-refractivity contribution in [3.63, 3.8) is 0 Å². The maximum atomic E-state index is 12.4. The van der Waals surface area contributed by atoms with Gasteiger partial charge in [-0.05, 0) is 46.1 Å². The molecule has 23 heavy (non-hydrogen) atoms. The van der Waals surface area contributed by atoms with Crippen molar-refractivity contribution in [3.8, 4) is 0 Å². The van der Waals surface area contributed by atoms with Crippen LogP contribution in [-0.2, 0) is 11.3 Å². The number of hydrogen-bond donors (Lipinski definition) is 1. The lowest BCUT2D eigenvalue weighted by atomic mass is 10.1.